The van der Waals surface area contributed by atoms with E-state index in [1.807, 2.05) is 30.3 Å². The van der Waals surface area contributed by atoms with Gasteiger partial charge < -0.3 is 10.2 Å². The molecule has 1 aliphatic rings. The van der Waals surface area contributed by atoms with E-state index in [9.17, 15) is 4.79 Å². The molecule has 126 valence electrons. The third-order valence-corrected chi connectivity index (χ3v) is 4.22. The highest BCUT2D eigenvalue weighted by Gasteiger charge is 2.25. The Hall–Kier alpha value is -3.29. The number of hydrogen-bond donors (Lipinski definition) is 1. The molecular formula is C17H17N7O. The molecule has 0 spiro atoms. The van der Waals surface area contributed by atoms with Gasteiger partial charge in [0.25, 0.3) is 5.91 Å². The van der Waals surface area contributed by atoms with Crippen LogP contribution in [0.3, 0.4) is 0 Å². The summed E-state index contributed by atoms with van der Waals surface area (Å²) in [5, 5.41) is 14.2. The van der Waals surface area contributed by atoms with Crippen molar-refractivity contribution in [1.82, 2.24) is 30.5 Å². The Balaban J connectivity index is 1.42. The molecule has 0 radical (unpaired) electrons. The highest BCUT2D eigenvalue weighted by atomic mass is 16.1. The smallest absolute Gasteiger partial charge is 0.251 e. The van der Waals surface area contributed by atoms with E-state index in [0.717, 1.165) is 31.0 Å². The Morgan fingerprint density at radius 3 is 2.96 bits per heavy atom. The predicted octanol–water partition coefficient (Wildman–Crippen LogP) is 1.07. The van der Waals surface area contributed by atoms with Crippen LogP contribution in [0.25, 0.3) is 5.69 Å². The minimum Gasteiger partial charge on any atom is -0.354 e. The van der Waals surface area contributed by atoms with Gasteiger partial charge in [-0.25, -0.2) is 9.67 Å². The van der Waals surface area contributed by atoms with E-state index in [1.54, 1.807) is 18.3 Å². The zero-order chi connectivity index (χ0) is 17.1. The van der Waals surface area contributed by atoms with Crippen LogP contribution in [-0.2, 0) is 0 Å². The van der Waals surface area contributed by atoms with Gasteiger partial charge in [-0.3, -0.25) is 4.79 Å². The number of pyridine rings is 1. The Labute approximate surface area is 144 Å². The van der Waals surface area contributed by atoms with E-state index in [4.69, 9.17) is 0 Å². The van der Waals surface area contributed by atoms with Gasteiger partial charge in [0.2, 0.25) is 0 Å². The van der Waals surface area contributed by atoms with Crippen molar-refractivity contribution < 1.29 is 4.79 Å². The Morgan fingerprint density at radius 2 is 2.16 bits per heavy atom. The maximum absolute atomic E-state index is 12.6. The second kappa shape index (κ2) is 6.68. The van der Waals surface area contributed by atoms with Crippen LogP contribution in [0.1, 0.15) is 16.8 Å². The largest absolute Gasteiger partial charge is 0.354 e. The van der Waals surface area contributed by atoms with Crippen molar-refractivity contribution >= 4 is 11.7 Å². The number of hydrogen-bond acceptors (Lipinski definition) is 6. The van der Waals surface area contributed by atoms with Gasteiger partial charge >= 0.3 is 0 Å². The van der Waals surface area contributed by atoms with Gasteiger partial charge in [0.15, 0.2) is 0 Å². The average Bonchev–Trinajstić information content (AvgIpc) is 3.35. The molecular weight excluding hydrogens is 318 g/mol. The second-order valence-corrected chi connectivity index (χ2v) is 5.90. The maximum atomic E-state index is 12.6. The lowest BCUT2D eigenvalue weighted by Crippen LogP contribution is -2.37. The molecule has 0 aliphatic carbocycles. The van der Waals surface area contributed by atoms with Crippen molar-refractivity contribution in [2.75, 3.05) is 18.0 Å². The molecule has 8 heteroatoms. The van der Waals surface area contributed by atoms with Crippen LogP contribution in [0.15, 0.2) is 55.0 Å². The monoisotopic (exact) mass is 335 g/mol. The number of amides is 1. The molecule has 1 unspecified atom stereocenters. The molecule has 1 fully saturated rings. The topological polar surface area (TPSA) is 88.8 Å². The molecule has 3 aromatic rings. The van der Waals surface area contributed by atoms with Crippen molar-refractivity contribution in [3.8, 4) is 5.69 Å². The summed E-state index contributed by atoms with van der Waals surface area (Å²) in [6, 6.07) is 13.2. The summed E-state index contributed by atoms with van der Waals surface area (Å²) in [4.78, 5) is 19.1. The molecule has 1 amide bonds. The summed E-state index contributed by atoms with van der Waals surface area (Å²) in [5.41, 5.74) is 1.34. The summed E-state index contributed by atoms with van der Waals surface area (Å²) in [6.45, 7) is 1.64. The first-order chi connectivity index (χ1) is 12.3. The highest BCUT2D eigenvalue weighted by molar-refractivity contribution is 5.95. The molecule has 4 rings (SSSR count). The van der Waals surface area contributed by atoms with Gasteiger partial charge in [-0.1, -0.05) is 12.1 Å². The fraction of sp³-hybridized carbons (Fsp3) is 0.235. The summed E-state index contributed by atoms with van der Waals surface area (Å²) in [6.07, 6.45) is 4.18. The van der Waals surface area contributed by atoms with E-state index in [1.165, 1.54) is 11.0 Å². The Bertz CT molecular complexity index is 850. The van der Waals surface area contributed by atoms with Gasteiger partial charge in [0.1, 0.15) is 12.1 Å². The van der Waals surface area contributed by atoms with Crippen LogP contribution >= 0.6 is 0 Å². The third kappa shape index (κ3) is 3.32. The number of carbonyl (C=O) groups is 1. The van der Waals surface area contributed by atoms with E-state index < -0.39 is 0 Å². The number of anilines is 1. The molecule has 3 heterocycles. The average molecular weight is 335 g/mol. The highest BCUT2D eigenvalue weighted by Crippen LogP contribution is 2.18. The standard InChI is InChI=1S/C17H17N7O/c25-17(13-4-3-5-15(10-13)24-12-19-21-22-24)20-14-7-9-23(11-14)16-6-1-2-8-18-16/h1-6,8,10,12,14H,7,9,11H2,(H,20,25). The summed E-state index contributed by atoms with van der Waals surface area (Å²) >= 11 is 0. The van der Waals surface area contributed by atoms with E-state index >= 15 is 0 Å². The van der Waals surface area contributed by atoms with Crippen molar-refractivity contribution in [2.24, 2.45) is 0 Å². The van der Waals surface area contributed by atoms with E-state index in [2.05, 4.69) is 30.7 Å². The number of aromatic nitrogens is 5. The van der Waals surface area contributed by atoms with Crippen LogP contribution < -0.4 is 10.2 Å². The lowest BCUT2D eigenvalue weighted by molar-refractivity contribution is 0.0940. The number of carbonyl (C=O) groups excluding carboxylic acids is 1. The fourth-order valence-corrected chi connectivity index (χ4v) is 2.96. The van der Waals surface area contributed by atoms with E-state index in [-0.39, 0.29) is 11.9 Å². The zero-order valence-electron chi connectivity index (χ0n) is 13.5. The number of tetrazole rings is 1. The van der Waals surface area contributed by atoms with Gasteiger partial charge in [-0.2, -0.15) is 0 Å². The van der Waals surface area contributed by atoms with Crippen LogP contribution in [0.2, 0.25) is 0 Å². The SMILES string of the molecule is O=C(NC1CCN(c2ccccn2)C1)c1cccc(-n2cnnn2)c1. The number of benzene rings is 1. The summed E-state index contributed by atoms with van der Waals surface area (Å²) in [5.74, 6) is 0.850. The molecule has 0 bridgehead atoms. The lowest BCUT2D eigenvalue weighted by Gasteiger charge is -2.17. The first-order valence-electron chi connectivity index (χ1n) is 8.10. The summed E-state index contributed by atoms with van der Waals surface area (Å²) in [7, 11) is 0. The first kappa shape index (κ1) is 15.3. The second-order valence-electron chi connectivity index (χ2n) is 5.90. The molecule has 25 heavy (non-hydrogen) atoms. The number of nitrogens with one attached hydrogen (secondary N) is 1. The van der Waals surface area contributed by atoms with Gasteiger partial charge in [-0.15, -0.1) is 5.10 Å². The van der Waals surface area contributed by atoms with Gasteiger partial charge in [0, 0.05) is 30.9 Å². The van der Waals surface area contributed by atoms with Crippen LogP contribution in [-0.4, -0.2) is 50.2 Å². The molecule has 1 aliphatic heterocycles. The van der Waals surface area contributed by atoms with Crippen molar-refractivity contribution in [3.63, 3.8) is 0 Å². The first-order valence-corrected chi connectivity index (χ1v) is 8.10. The minimum absolute atomic E-state index is 0.0946. The molecule has 1 aromatic carbocycles. The fourth-order valence-electron chi connectivity index (χ4n) is 2.96. The third-order valence-electron chi connectivity index (χ3n) is 4.22. The van der Waals surface area contributed by atoms with Crippen molar-refractivity contribution in [3.05, 3.63) is 60.6 Å². The van der Waals surface area contributed by atoms with Crippen LogP contribution in [0, 0.1) is 0 Å². The summed E-state index contributed by atoms with van der Waals surface area (Å²) < 4.78 is 1.52. The van der Waals surface area contributed by atoms with E-state index in [0.29, 0.717) is 5.56 Å². The molecule has 0 saturated carbocycles. The van der Waals surface area contributed by atoms with Gasteiger partial charge in [0.05, 0.1) is 5.69 Å². The van der Waals surface area contributed by atoms with Crippen LogP contribution in [0.4, 0.5) is 5.82 Å². The predicted molar refractivity (Wildman–Crippen MR) is 91.5 cm³/mol. The Morgan fingerprint density at radius 1 is 1.20 bits per heavy atom. The molecule has 2 aromatic heterocycles. The molecule has 1 saturated heterocycles. The minimum atomic E-state index is -0.0946. The maximum Gasteiger partial charge on any atom is 0.251 e. The quantitative estimate of drug-likeness (QED) is 0.767. The molecule has 8 nitrogen and oxygen atoms in total. The van der Waals surface area contributed by atoms with Crippen molar-refractivity contribution in [1.29, 1.82) is 0 Å². The molecule has 1 atom stereocenters. The number of rotatable bonds is 4. The van der Waals surface area contributed by atoms with Gasteiger partial charge in [-0.05, 0) is 47.2 Å². The Kier molecular flexibility index (Phi) is 4.07. The normalized spacial score (nSPS) is 16.8. The zero-order valence-corrected chi connectivity index (χ0v) is 13.5. The lowest BCUT2D eigenvalue weighted by atomic mass is 10.1. The number of nitrogens with zero attached hydrogens (tertiary/aromatic N) is 6. The van der Waals surface area contributed by atoms with Crippen molar-refractivity contribution in [2.45, 2.75) is 12.5 Å². The van der Waals surface area contributed by atoms with Crippen LogP contribution in [0.5, 0.6) is 0 Å². The molecule has 1 N–H and O–H groups in total.